The molecule has 98 valence electrons. The van der Waals surface area contributed by atoms with E-state index in [1.165, 1.54) is 0 Å². The molecule has 0 aliphatic carbocycles. The van der Waals surface area contributed by atoms with Crippen LogP contribution in [0.15, 0.2) is 12.1 Å². The molecule has 1 aromatic rings. The molecule has 0 fully saturated rings. The number of likely N-dealkylation sites (N-methyl/N-ethyl adjacent to an activating group) is 1. The molecule has 0 N–H and O–H groups in total. The highest BCUT2D eigenvalue weighted by Crippen LogP contribution is 2.25. The summed E-state index contributed by atoms with van der Waals surface area (Å²) in [6.07, 6.45) is 0. The lowest BCUT2D eigenvalue weighted by molar-refractivity contribution is 0.0650. The summed E-state index contributed by atoms with van der Waals surface area (Å²) < 4.78 is 0. The molecule has 1 aliphatic rings. The Bertz CT molecular complexity index is 485. The number of amides is 1. The monoisotopic (exact) mass is 267 g/mol. The van der Waals surface area contributed by atoms with Gasteiger partial charge >= 0.3 is 0 Å². The Balaban J connectivity index is 2.19. The Labute approximate surface area is 113 Å². The topological polar surface area (TPSA) is 36.4 Å². The van der Waals surface area contributed by atoms with Crippen molar-refractivity contribution in [3.05, 3.63) is 28.5 Å². The second kappa shape index (κ2) is 4.52. The number of pyridine rings is 1. The van der Waals surface area contributed by atoms with Gasteiger partial charge in [-0.15, -0.1) is 0 Å². The summed E-state index contributed by atoms with van der Waals surface area (Å²) >= 11 is 5.85. The van der Waals surface area contributed by atoms with E-state index in [2.05, 4.69) is 23.7 Å². The minimum Gasteiger partial charge on any atom is -0.331 e. The summed E-state index contributed by atoms with van der Waals surface area (Å²) in [5.74, 6) is 0.0455. The van der Waals surface area contributed by atoms with Gasteiger partial charge in [-0.25, -0.2) is 4.98 Å². The Morgan fingerprint density at radius 1 is 1.44 bits per heavy atom. The van der Waals surface area contributed by atoms with Gasteiger partial charge in [0.25, 0.3) is 5.91 Å². The smallest absolute Gasteiger partial charge is 0.256 e. The zero-order valence-corrected chi connectivity index (χ0v) is 12.0. The van der Waals surface area contributed by atoms with Gasteiger partial charge in [0.1, 0.15) is 5.15 Å². The number of halogens is 1. The van der Waals surface area contributed by atoms with Crippen LogP contribution in [-0.4, -0.2) is 46.9 Å². The predicted molar refractivity (Wildman–Crippen MR) is 71.8 cm³/mol. The van der Waals surface area contributed by atoms with Crippen LogP contribution in [-0.2, 0) is 6.54 Å². The van der Waals surface area contributed by atoms with Crippen LogP contribution in [0.3, 0.4) is 0 Å². The van der Waals surface area contributed by atoms with Crippen molar-refractivity contribution in [3.63, 3.8) is 0 Å². The predicted octanol–water partition coefficient (Wildman–Crippen LogP) is 2.03. The minimum absolute atomic E-state index is 0.0455. The molecule has 0 aromatic carbocycles. The van der Waals surface area contributed by atoms with E-state index in [-0.39, 0.29) is 11.4 Å². The molecule has 2 heterocycles. The van der Waals surface area contributed by atoms with E-state index >= 15 is 0 Å². The van der Waals surface area contributed by atoms with Gasteiger partial charge in [-0.3, -0.25) is 4.79 Å². The molecule has 1 aliphatic heterocycles. The molecular weight excluding hydrogens is 250 g/mol. The van der Waals surface area contributed by atoms with E-state index in [1.807, 2.05) is 19.0 Å². The van der Waals surface area contributed by atoms with Crippen molar-refractivity contribution in [2.75, 3.05) is 20.6 Å². The normalized spacial score (nSPS) is 15.4. The Kier molecular flexibility index (Phi) is 3.34. The van der Waals surface area contributed by atoms with Crippen molar-refractivity contribution >= 4 is 17.5 Å². The van der Waals surface area contributed by atoms with Crippen LogP contribution in [0.1, 0.15) is 29.9 Å². The summed E-state index contributed by atoms with van der Waals surface area (Å²) in [5, 5.41) is 0.440. The molecule has 1 amide bonds. The van der Waals surface area contributed by atoms with Crippen LogP contribution in [0.25, 0.3) is 0 Å². The van der Waals surface area contributed by atoms with Gasteiger partial charge < -0.3 is 9.80 Å². The first-order valence-corrected chi connectivity index (χ1v) is 6.31. The quantitative estimate of drug-likeness (QED) is 0.787. The van der Waals surface area contributed by atoms with Gasteiger partial charge in [-0.05, 0) is 40.1 Å². The zero-order valence-electron chi connectivity index (χ0n) is 11.2. The molecule has 0 atom stereocenters. The number of aromatic nitrogens is 1. The van der Waals surface area contributed by atoms with Gasteiger partial charge in [-0.1, -0.05) is 11.6 Å². The summed E-state index contributed by atoms with van der Waals surface area (Å²) in [6.45, 7) is 5.45. The highest BCUT2D eigenvalue weighted by atomic mass is 35.5. The molecule has 4 nitrogen and oxygen atoms in total. The number of carbonyl (C=O) groups is 1. The molecule has 18 heavy (non-hydrogen) atoms. The minimum atomic E-state index is -0.0680. The maximum absolute atomic E-state index is 12.2. The molecular formula is C13H18ClN3O. The maximum Gasteiger partial charge on any atom is 0.256 e. The van der Waals surface area contributed by atoms with Crippen molar-refractivity contribution in [3.8, 4) is 0 Å². The third-order valence-corrected chi connectivity index (χ3v) is 3.80. The van der Waals surface area contributed by atoms with Crippen molar-refractivity contribution < 1.29 is 4.79 Å². The molecule has 0 radical (unpaired) electrons. The number of fused-ring (bicyclic) bond motifs is 1. The maximum atomic E-state index is 12.2. The largest absolute Gasteiger partial charge is 0.331 e. The molecule has 0 unspecified atom stereocenters. The molecule has 1 aromatic heterocycles. The highest BCUT2D eigenvalue weighted by Gasteiger charge is 2.33. The van der Waals surface area contributed by atoms with Gasteiger partial charge in [0.2, 0.25) is 0 Å². The zero-order chi connectivity index (χ0) is 13.5. The molecule has 2 rings (SSSR count). The van der Waals surface area contributed by atoms with Gasteiger partial charge in [0, 0.05) is 12.1 Å². The van der Waals surface area contributed by atoms with Gasteiger partial charge in [0.15, 0.2) is 0 Å². The lowest BCUT2D eigenvalue weighted by Crippen LogP contribution is -2.48. The second-order valence-corrected chi connectivity index (χ2v) is 5.88. The average Bonchev–Trinajstić information content (AvgIpc) is 2.54. The number of nitrogens with zero attached hydrogens (tertiary/aromatic N) is 3. The first kappa shape index (κ1) is 13.3. The van der Waals surface area contributed by atoms with Crippen LogP contribution in [0.2, 0.25) is 5.15 Å². The number of carbonyl (C=O) groups excluding carboxylic acids is 1. The SMILES string of the molecule is CN(C)C(C)(C)CN1Cc2nc(Cl)ccc2C1=O. The van der Waals surface area contributed by atoms with Gasteiger partial charge in [-0.2, -0.15) is 0 Å². The van der Waals surface area contributed by atoms with Crippen molar-refractivity contribution in [1.82, 2.24) is 14.8 Å². The summed E-state index contributed by atoms with van der Waals surface area (Å²) in [6, 6.07) is 3.43. The first-order valence-electron chi connectivity index (χ1n) is 5.93. The van der Waals surface area contributed by atoms with Crippen molar-refractivity contribution in [2.24, 2.45) is 0 Å². The molecule has 0 spiro atoms. The van der Waals surface area contributed by atoms with Crippen LogP contribution in [0, 0.1) is 0 Å². The fraction of sp³-hybridized carbons (Fsp3) is 0.538. The van der Waals surface area contributed by atoms with E-state index in [1.54, 1.807) is 12.1 Å². The van der Waals surface area contributed by atoms with E-state index in [9.17, 15) is 4.79 Å². The van der Waals surface area contributed by atoms with Crippen molar-refractivity contribution in [1.29, 1.82) is 0 Å². The van der Waals surface area contributed by atoms with E-state index < -0.39 is 0 Å². The van der Waals surface area contributed by atoms with Crippen LogP contribution < -0.4 is 0 Å². The van der Waals surface area contributed by atoms with E-state index in [0.717, 1.165) is 5.69 Å². The highest BCUT2D eigenvalue weighted by molar-refractivity contribution is 6.29. The lowest BCUT2D eigenvalue weighted by Gasteiger charge is -2.36. The number of hydrogen-bond donors (Lipinski definition) is 0. The van der Waals surface area contributed by atoms with E-state index in [4.69, 9.17) is 11.6 Å². The summed E-state index contributed by atoms with van der Waals surface area (Å²) in [5.41, 5.74) is 1.39. The molecule has 0 bridgehead atoms. The Hall–Kier alpha value is -1.13. The molecule has 0 saturated carbocycles. The molecule has 5 heteroatoms. The lowest BCUT2D eigenvalue weighted by atomic mass is 10.0. The summed E-state index contributed by atoms with van der Waals surface area (Å²) in [7, 11) is 4.03. The van der Waals surface area contributed by atoms with E-state index in [0.29, 0.717) is 23.8 Å². The standard InChI is InChI=1S/C13H18ClN3O/c1-13(2,16(3)4)8-17-7-10-9(12(17)18)5-6-11(14)15-10/h5-6H,7-8H2,1-4H3. The third-order valence-electron chi connectivity index (χ3n) is 3.59. The third kappa shape index (κ3) is 2.35. The second-order valence-electron chi connectivity index (χ2n) is 5.50. The fourth-order valence-electron chi connectivity index (χ4n) is 1.95. The van der Waals surface area contributed by atoms with Crippen LogP contribution >= 0.6 is 11.6 Å². The van der Waals surface area contributed by atoms with Gasteiger partial charge in [0.05, 0.1) is 17.8 Å². The summed E-state index contributed by atoms with van der Waals surface area (Å²) in [4.78, 5) is 20.4. The number of hydrogen-bond acceptors (Lipinski definition) is 3. The van der Waals surface area contributed by atoms with Crippen LogP contribution in [0.5, 0.6) is 0 Å². The fourth-order valence-corrected chi connectivity index (χ4v) is 2.11. The Morgan fingerprint density at radius 2 is 2.11 bits per heavy atom. The van der Waals surface area contributed by atoms with Crippen LogP contribution in [0.4, 0.5) is 0 Å². The average molecular weight is 268 g/mol. The molecule has 0 saturated heterocycles. The first-order chi connectivity index (χ1) is 8.31. The van der Waals surface area contributed by atoms with Crippen molar-refractivity contribution in [2.45, 2.75) is 25.9 Å². The Morgan fingerprint density at radius 3 is 2.72 bits per heavy atom. The number of rotatable bonds is 3.